The zero-order valence-corrected chi connectivity index (χ0v) is 11.0. The summed E-state index contributed by atoms with van der Waals surface area (Å²) >= 11 is 0. The molecule has 7 heteroatoms. The predicted molar refractivity (Wildman–Crippen MR) is 65.0 cm³/mol. The van der Waals surface area contributed by atoms with Crippen LogP contribution >= 0.6 is 0 Å². The molecule has 0 aliphatic heterocycles. The molecule has 0 aromatic rings. The second-order valence-corrected chi connectivity index (χ2v) is 3.66. The van der Waals surface area contributed by atoms with Crippen LogP contribution in [0.4, 0.5) is 0 Å². The number of carbonyl (C=O) groups is 3. The molecule has 0 heterocycles. The fourth-order valence-corrected chi connectivity index (χ4v) is 0.875. The van der Waals surface area contributed by atoms with E-state index >= 15 is 0 Å². The zero-order chi connectivity index (χ0) is 15.4. The van der Waals surface area contributed by atoms with Crippen molar-refractivity contribution >= 4 is 17.9 Å². The summed E-state index contributed by atoms with van der Waals surface area (Å²) in [7, 11) is 0. The van der Waals surface area contributed by atoms with E-state index in [4.69, 9.17) is 10.2 Å². The van der Waals surface area contributed by atoms with Crippen LogP contribution in [0.3, 0.4) is 0 Å². The van der Waals surface area contributed by atoms with Crippen molar-refractivity contribution in [3.8, 4) is 0 Å². The van der Waals surface area contributed by atoms with Gasteiger partial charge < -0.3 is 14.9 Å². The van der Waals surface area contributed by atoms with Crippen molar-refractivity contribution in [3.63, 3.8) is 0 Å². The van der Waals surface area contributed by atoms with E-state index in [0.29, 0.717) is 12.0 Å². The lowest BCUT2D eigenvalue weighted by atomic mass is 10.0. The van der Waals surface area contributed by atoms with Crippen molar-refractivity contribution in [2.24, 2.45) is 5.92 Å². The number of carbonyl (C=O) groups excluding carboxylic acids is 1. The molecule has 0 amide bonds. The van der Waals surface area contributed by atoms with Gasteiger partial charge in [0, 0.05) is 5.57 Å². The molecule has 0 saturated carbocycles. The molecule has 0 spiro atoms. The molecular formula is C12H19O7. The van der Waals surface area contributed by atoms with Crippen LogP contribution in [0.5, 0.6) is 0 Å². The summed E-state index contributed by atoms with van der Waals surface area (Å²) in [6.45, 7) is 6.07. The first-order valence-corrected chi connectivity index (χ1v) is 5.61. The Hall–Kier alpha value is -1.89. The SMILES string of the molecule is C=C(C)C(=O)OCC[O].CCC(CC(=O)O)C(=O)O. The maximum absolute atomic E-state index is 10.4. The third kappa shape index (κ3) is 12.4. The van der Waals surface area contributed by atoms with Crippen molar-refractivity contribution in [1.82, 2.24) is 0 Å². The summed E-state index contributed by atoms with van der Waals surface area (Å²) in [6, 6.07) is 0. The van der Waals surface area contributed by atoms with Crippen LogP contribution in [0.25, 0.3) is 0 Å². The van der Waals surface area contributed by atoms with Gasteiger partial charge in [0.1, 0.15) is 13.2 Å². The average molecular weight is 275 g/mol. The molecule has 0 rings (SSSR count). The largest absolute Gasteiger partial charge is 0.481 e. The van der Waals surface area contributed by atoms with Crippen LogP contribution < -0.4 is 0 Å². The third-order valence-electron chi connectivity index (χ3n) is 1.93. The van der Waals surface area contributed by atoms with Gasteiger partial charge in [-0.1, -0.05) is 13.5 Å². The number of rotatable bonds is 7. The van der Waals surface area contributed by atoms with Gasteiger partial charge in [0.2, 0.25) is 0 Å². The second kappa shape index (κ2) is 11.2. The standard InChI is InChI=1S/C6H10O4.C6H9O3/c1-2-4(6(9)10)3-5(7)8;1-5(2)6(8)9-4-3-7/h4H,2-3H2,1H3,(H,7,8)(H,9,10);1,3-4H2,2H3. The Kier molecular flexibility index (Phi) is 11.5. The number of hydrogen-bond acceptors (Lipinski definition) is 4. The summed E-state index contributed by atoms with van der Waals surface area (Å²) in [5, 5.41) is 26.3. The molecular weight excluding hydrogens is 256 g/mol. The minimum absolute atomic E-state index is 0.0638. The Labute approximate surface area is 111 Å². The molecule has 19 heavy (non-hydrogen) atoms. The molecule has 1 radical (unpaired) electrons. The van der Waals surface area contributed by atoms with E-state index in [9.17, 15) is 19.5 Å². The predicted octanol–water partition coefficient (Wildman–Crippen LogP) is 1.11. The number of ether oxygens (including phenoxy) is 1. The van der Waals surface area contributed by atoms with Crippen molar-refractivity contribution in [2.45, 2.75) is 26.7 Å². The number of carboxylic acid groups (broad SMARTS) is 2. The lowest BCUT2D eigenvalue weighted by molar-refractivity contribution is -0.148. The Balaban J connectivity index is 0. The lowest BCUT2D eigenvalue weighted by Crippen LogP contribution is -2.16. The molecule has 0 aliphatic carbocycles. The third-order valence-corrected chi connectivity index (χ3v) is 1.93. The Bertz CT molecular complexity index is 322. The van der Waals surface area contributed by atoms with Gasteiger partial charge in [-0.2, -0.15) is 0 Å². The van der Waals surface area contributed by atoms with E-state index in [2.05, 4.69) is 11.3 Å². The van der Waals surface area contributed by atoms with Crippen LogP contribution in [0.2, 0.25) is 0 Å². The fourth-order valence-electron chi connectivity index (χ4n) is 0.875. The molecule has 1 unspecified atom stereocenters. The van der Waals surface area contributed by atoms with Crippen molar-refractivity contribution in [2.75, 3.05) is 13.2 Å². The summed E-state index contributed by atoms with van der Waals surface area (Å²) in [5.41, 5.74) is 0.323. The van der Waals surface area contributed by atoms with Gasteiger partial charge in [-0.3, -0.25) is 9.59 Å². The highest BCUT2D eigenvalue weighted by Gasteiger charge is 2.17. The minimum Gasteiger partial charge on any atom is -0.481 e. The molecule has 7 nitrogen and oxygen atoms in total. The van der Waals surface area contributed by atoms with Gasteiger partial charge in [-0.05, 0) is 13.3 Å². The first kappa shape index (κ1) is 19.4. The first-order valence-electron chi connectivity index (χ1n) is 5.61. The topological polar surface area (TPSA) is 121 Å². The van der Waals surface area contributed by atoms with Gasteiger partial charge in [-0.25, -0.2) is 9.90 Å². The lowest BCUT2D eigenvalue weighted by Gasteiger charge is -2.03. The van der Waals surface area contributed by atoms with Crippen molar-refractivity contribution < 1.29 is 34.4 Å². The Morgan fingerprint density at radius 2 is 1.79 bits per heavy atom. The van der Waals surface area contributed by atoms with E-state index in [1.165, 1.54) is 6.92 Å². The van der Waals surface area contributed by atoms with Crippen LogP contribution in [0.1, 0.15) is 26.7 Å². The average Bonchev–Trinajstić information content (AvgIpc) is 2.32. The van der Waals surface area contributed by atoms with Gasteiger partial charge in [0.05, 0.1) is 12.3 Å². The molecule has 0 aromatic carbocycles. The number of aliphatic carboxylic acids is 2. The second-order valence-electron chi connectivity index (χ2n) is 3.66. The van der Waals surface area contributed by atoms with Crippen molar-refractivity contribution in [3.05, 3.63) is 12.2 Å². The van der Waals surface area contributed by atoms with Crippen LogP contribution in [0, 0.1) is 5.92 Å². The van der Waals surface area contributed by atoms with Crippen molar-refractivity contribution in [1.29, 1.82) is 0 Å². The normalized spacial score (nSPS) is 10.7. The highest BCUT2D eigenvalue weighted by Crippen LogP contribution is 2.07. The molecule has 0 aliphatic rings. The molecule has 1 atom stereocenters. The van der Waals surface area contributed by atoms with E-state index in [0.717, 1.165) is 0 Å². The quantitative estimate of drug-likeness (QED) is 0.530. The molecule has 0 bridgehead atoms. The smallest absolute Gasteiger partial charge is 0.333 e. The number of esters is 1. The van der Waals surface area contributed by atoms with Crippen LogP contribution in [-0.4, -0.2) is 41.3 Å². The number of hydrogen-bond donors (Lipinski definition) is 2. The van der Waals surface area contributed by atoms with Gasteiger partial charge in [-0.15, -0.1) is 0 Å². The monoisotopic (exact) mass is 275 g/mol. The minimum atomic E-state index is -1.06. The Morgan fingerprint density at radius 1 is 1.26 bits per heavy atom. The van der Waals surface area contributed by atoms with E-state index < -0.39 is 23.8 Å². The molecule has 0 saturated heterocycles. The maximum atomic E-state index is 10.4. The molecule has 0 fully saturated rings. The zero-order valence-electron chi connectivity index (χ0n) is 11.0. The van der Waals surface area contributed by atoms with Crippen LogP contribution in [0.15, 0.2) is 12.2 Å². The summed E-state index contributed by atoms with van der Waals surface area (Å²) in [6.07, 6.45) is 0.0769. The highest BCUT2D eigenvalue weighted by atomic mass is 16.5. The number of carboxylic acids is 2. The summed E-state index contributed by atoms with van der Waals surface area (Å²) in [5.74, 6) is -3.33. The summed E-state index contributed by atoms with van der Waals surface area (Å²) in [4.78, 5) is 30.7. The van der Waals surface area contributed by atoms with Gasteiger partial charge in [0.15, 0.2) is 0 Å². The fraction of sp³-hybridized carbons (Fsp3) is 0.583. The Morgan fingerprint density at radius 3 is 2.00 bits per heavy atom. The maximum Gasteiger partial charge on any atom is 0.333 e. The molecule has 2 N–H and O–H groups in total. The van der Waals surface area contributed by atoms with E-state index in [1.54, 1.807) is 6.92 Å². The van der Waals surface area contributed by atoms with Gasteiger partial charge >= 0.3 is 17.9 Å². The van der Waals surface area contributed by atoms with Crippen LogP contribution in [-0.2, 0) is 24.2 Å². The first-order chi connectivity index (χ1) is 8.76. The van der Waals surface area contributed by atoms with E-state index in [-0.39, 0.29) is 19.6 Å². The van der Waals surface area contributed by atoms with E-state index in [1.807, 2.05) is 0 Å². The van der Waals surface area contributed by atoms with Gasteiger partial charge in [0.25, 0.3) is 0 Å². The summed E-state index contributed by atoms with van der Waals surface area (Å²) < 4.78 is 4.40. The highest BCUT2D eigenvalue weighted by molar-refractivity contribution is 5.86. The molecule has 0 aromatic heterocycles. The molecule has 109 valence electrons.